The fraction of sp³-hybridized carbons (Fsp3) is 0.600. The molecule has 0 aliphatic carbocycles. The number of nitrogens with zero attached hydrogens (tertiary/aromatic N) is 4. The second-order valence-electron chi connectivity index (χ2n) is 6.89. The number of aromatic nitrogens is 3. The summed E-state index contributed by atoms with van der Waals surface area (Å²) < 4.78 is 16.4. The molecule has 0 bridgehead atoms. The molecule has 9 nitrogen and oxygen atoms in total. The Morgan fingerprint density at radius 1 is 1.24 bits per heavy atom. The van der Waals surface area contributed by atoms with Crippen LogP contribution in [0.4, 0.5) is 0 Å². The van der Waals surface area contributed by atoms with Gasteiger partial charge in [-0.15, -0.1) is 0 Å². The van der Waals surface area contributed by atoms with E-state index in [-0.39, 0.29) is 0 Å². The predicted octanol–water partition coefficient (Wildman–Crippen LogP) is 1.67. The molecule has 2 aromatic rings. The molecule has 2 N–H and O–H groups in total. The van der Waals surface area contributed by atoms with Gasteiger partial charge in [-0.1, -0.05) is 11.2 Å². The fourth-order valence-corrected chi connectivity index (χ4v) is 3.01. The number of guanidine groups is 1. The van der Waals surface area contributed by atoms with Gasteiger partial charge in [0.25, 0.3) is 5.89 Å². The zero-order valence-electron chi connectivity index (χ0n) is 17.0. The van der Waals surface area contributed by atoms with Crippen molar-refractivity contribution in [1.29, 1.82) is 0 Å². The van der Waals surface area contributed by atoms with Crippen molar-refractivity contribution in [2.75, 3.05) is 46.6 Å². The zero-order valence-corrected chi connectivity index (χ0v) is 17.0. The van der Waals surface area contributed by atoms with Gasteiger partial charge in [0.2, 0.25) is 0 Å². The molecule has 0 aromatic carbocycles. The van der Waals surface area contributed by atoms with E-state index in [1.165, 1.54) is 0 Å². The highest BCUT2D eigenvalue weighted by atomic mass is 16.5. The van der Waals surface area contributed by atoms with Crippen molar-refractivity contribution in [2.24, 2.45) is 10.9 Å². The Kier molecular flexibility index (Phi) is 8.87. The summed E-state index contributed by atoms with van der Waals surface area (Å²) >= 11 is 0. The molecule has 0 saturated carbocycles. The van der Waals surface area contributed by atoms with E-state index >= 15 is 0 Å². The largest absolute Gasteiger partial charge is 0.381 e. The number of hydrogen-bond donors (Lipinski definition) is 2. The summed E-state index contributed by atoms with van der Waals surface area (Å²) in [6.07, 6.45) is 5.48. The van der Waals surface area contributed by atoms with Crippen LogP contribution >= 0.6 is 0 Å². The summed E-state index contributed by atoms with van der Waals surface area (Å²) in [5, 5.41) is 10.5. The topological polar surface area (TPSA) is 107 Å². The lowest BCUT2D eigenvalue weighted by Gasteiger charge is -2.21. The molecule has 0 unspecified atom stereocenters. The number of pyridine rings is 1. The van der Waals surface area contributed by atoms with Crippen molar-refractivity contribution in [2.45, 2.75) is 25.7 Å². The molecule has 158 valence electrons. The molecule has 0 radical (unpaired) electrons. The maximum Gasteiger partial charge on any atom is 0.276 e. The van der Waals surface area contributed by atoms with Crippen LogP contribution in [0.3, 0.4) is 0 Å². The Hall–Kier alpha value is -2.52. The predicted molar refractivity (Wildman–Crippen MR) is 110 cm³/mol. The number of nitrogens with one attached hydrogen (secondary N) is 2. The molecular formula is C20H30N6O3. The Morgan fingerprint density at radius 2 is 2.10 bits per heavy atom. The summed E-state index contributed by atoms with van der Waals surface area (Å²) in [7, 11) is 1.75. The van der Waals surface area contributed by atoms with Gasteiger partial charge in [0.1, 0.15) is 5.69 Å². The average Bonchev–Trinajstić information content (AvgIpc) is 3.25. The highest BCUT2D eigenvalue weighted by Crippen LogP contribution is 2.15. The molecular weight excluding hydrogens is 372 g/mol. The molecule has 9 heteroatoms. The smallest absolute Gasteiger partial charge is 0.276 e. The molecule has 1 saturated heterocycles. The van der Waals surface area contributed by atoms with Crippen LogP contribution in [-0.4, -0.2) is 67.6 Å². The molecule has 1 aliphatic rings. The standard InChI is InChI=1S/C20H30N6O3/c1-21-20(23-10-4-12-28-15-16-7-13-27-14-8-16)24-11-6-18-25-19(29-26-18)17-5-2-3-9-22-17/h2-3,5,9,16H,4,6-8,10-15H2,1H3,(H2,21,23,24). The van der Waals surface area contributed by atoms with Crippen molar-refractivity contribution in [1.82, 2.24) is 25.8 Å². The van der Waals surface area contributed by atoms with Gasteiger partial charge in [-0.25, -0.2) is 0 Å². The van der Waals surface area contributed by atoms with Gasteiger partial charge in [-0.3, -0.25) is 9.98 Å². The van der Waals surface area contributed by atoms with E-state index in [2.05, 4.69) is 30.8 Å². The summed E-state index contributed by atoms with van der Waals surface area (Å²) in [5.41, 5.74) is 0.677. The van der Waals surface area contributed by atoms with Crippen LogP contribution in [-0.2, 0) is 15.9 Å². The highest BCUT2D eigenvalue weighted by molar-refractivity contribution is 5.79. The zero-order chi connectivity index (χ0) is 20.2. The molecule has 2 aromatic heterocycles. The lowest BCUT2D eigenvalue weighted by atomic mass is 10.0. The Morgan fingerprint density at radius 3 is 2.90 bits per heavy atom. The van der Waals surface area contributed by atoms with Crippen molar-refractivity contribution in [3.8, 4) is 11.6 Å². The summed E-state index contributed by atoms with van der Waals surface area (Å²) in [4.78, 5) is 12.8. The van der Waals surface area contributed by atoms with E-state index < -0.39 is 0 Å². The van der Waals surface area contributed by atoms with Crippen LogP contribution in [0.1, 0.15) is 25.1 Å². The lowest BCUT2D eigenvalue weighted by Crippen LogP contribution is -2.39. The van der Waals surface area contributed by atoms with Gasteiger partial charge < -0.3 is 24.6 Å². The first-order valence-corrected chi connectivity index (χ1v) is 10.2. The summed E-state index contributed by atoms with van der Waals surface area (Å²) in [5.74, 6) is 2.47. The van der Waals surface area contributed by atoms with E-state index in [1.807, 2.05) is 18.2 Å². The minimum Gasteiger partial charge on any atom is -0.381 e. The first kappa shape index (κ1) is 21.2. The van der Waals surface area contributed by atoms with E-state index in [1.54, 1.807) is 13.2 Å². The maximum atomic E-state index is 5.78. The number of hydrogen-bond acceptors (Lipinski definition) is 7. The van der Waals surface area contributed by atoms with Gasteiger partial charge in [0.15, 0.2) is 11.8 Å². The summed E-state index contributed by atoms with van der Waals surface area (Å²) in [6.45, 7) is 4.78. The van der Waals surface area contributed by atoms with Gasteiger partial charge in [0, 0.05) is 59.2 Å². The van der Waals surface area contributed by atoms with E-state index in [4.69, 9.17) is 14.0 Å². The monoisotopic (exact) mass is 402 g/mol. The number of ether oxygens (including phenoxy) is 2. The Bertz CT molecular complexity index is 731. The number of aliphatic imine (C=N–C) groups is 1. The van der Waals surface area contributed by atoms with E-state index in [0.717, 1.165) is 58.2 Å². The normalized spacial score (nSPS) is 15.4. The molecule has 1 aliphatic heterocycles. The van der Waals surface area contributed by atoms with E-state index in [0.29, 0.717) is 36.3 Å². The van der Waals surface area contributed by atoms with Crippen LogP contribution in [0, 0.1) is 5.92 Å². The second kappa shape index (κ2) is 12.1. The van der Waals surface area contributed by atoms with Crippen molar-refractivity contribution < 1.29 is 14.0 Å². The Balaban J connectivity index is 1.26. The molecule has 3 heterocycles. The third kappa shape index (κ3) is 7.43. The second-order valence-corrected chi connectivity index (χ2v) is 6.89. The first-order valence-electron chi connectivity index (χ1n) is 10.2. The van der Waals surface area contributed by atoms with Gasteiger partial charge in [-0.2, -0.15) is 4.98 Å². The van der Waals surface area contributed by atoms with Crippen molar-refractivity contribution in [3.05, 3.63) is 30.2 Å². The van der Waals surface area contributed by atoms with Crippen LogP contribution in [0.15, 0.2) is 33.9 Å². The molecule has 0 atom stereocenters. The van der Waals surface area contributed by atoms with Crippen molar-refractivity contribution in [3.63, 3.8) is 0 Å². The van der Waals surface area contributed by atoms with Gasteiger partial charge >= 0.3 is 0 Å². The minimum atomic E-state index is 0.434. The van der Waals surface area contributed by atoms with Crippen molar-refractivity contribution >= 4 is 5.96 Å². The van der Waals surface area contributed by atoms with E-state index in [9.17, 15) is 0 Å². The molecule has 0 amide bonds. The fourth-order valence-electron chi connectivity index (χ4n) is 3.01. The average molecular weight is 402 g/mol. The minimum absolute atomic E-state index is 0.434. The van der Waals surface area contributed by atoms with Crippen LogP contribution < -0.4 is 10.6 Å². The van der Waals surface area contributed by atoms with Crippen LogP contribution in [0.2, 0.25) is 0 Å². The molecule has 29 heavy (non-hydrogen) atoms. The first-order chi connectivity index (χ1) is 14.3. The third-order valence-corrected chi connectivity index (χ3v) is 4.67. The molecule has 1 fully saturated rings. The van der Waals surface area contributed by atoms with Gasteiger partial charge in [0.05, 0.1) is 0 Å². The third-order valence-electron chi connectivity index (χ3n) is 4.67. The van der Waals surface area contributed by atoms with Crippen LogP contribution in [0.5, 0.6) is 0 Å². The summed E-state index contributed by atoms with van der Waals surface area (Å²) in [6, 6.07) is 5.58. The highest BCUT2D eigenvalue weighted by Gasteiger charge is 2.13. The van der Waals surface area contributed by atoms with Crippen LogP contribution in [0.25, 0.3) is 11.6 Å². The molecule has 0 spiro atoms. The van der Waals surface area contributed by atoms with Gasteiger partial charge in [-0.05, 0) is 37.3 Å². The quantitative estimate of drug-likeness (QED) is 0.351. The molecule has 3 rings (SSSR count). The number of rotatable bonds is 10. The SMILES string of the molecule is CN=C(NCCCOCC1CCOCC1)NCCc1noc(-c2ccccn2)n1. The lowest BCUT2D eigenvalue weighted by molar-refractivity contribution is 0.0203. The Labute approximate surface area is 171 Å². The maximum absolute atomic E-state index is 5.78.